The predicted molar refractivity (Wildman–Crippen MR) is 76.7 cm³/mol. The topological polar surface area (TPSA) is 55.0 Å². The zero-order chi connectivity index (χ0) is 13.3. The monoisotopic (exact) mass is 244 g/mol. The van der Waals surface area contributed by atoms with Crippen LogP contribution in [0.15, 0.2) is 24.5 Å². The van der Waals surface area contributed by atoms with Crippen molar-refractivity contribution in [1.82, 2.24) is 9.97 Å². The van der Waals surface area contributed by atoms with E-state index >= 15 is 0 Å². The van der Waals surface area contributed by atoms with Gasteiger partial charge in [0.15, 0.2) is 0 Å². The fraction of sp³-hybridized carbons (Fsp3) is 0.429. The highest BCUT2D eigenvalue weighted by Crippen LogP contribution is 2.26. The molecular formula is C14H20N4. The molecule has 0 unspecified atom stereocenters. The lowest BCUT2D eigenvalue weighted by molar-refractivity contribution is 0.418. The predicted octanol–water partition coefficient (Wildman–Crippen LogP) is 2.69. The molecule has 18 heavy (non-hydrogen) atoms. The summed E-state index contributed by atoms with van der Waals surface area (Å²) in [7, 11) is 2.05. The Balaban J connectivity index is 2.47. The van der Waals surface area contributed by atoms with Crippen LogP contribution < -0.4 is 10.6 Å². The van der Waals surface area contributed by atoms with Crippen LogP contribution in [0, 0.1) is 5.41 Å². The van der Waals surface area contributed by atoms with Gasteiger partial charge in [-0.15, -0.1) is 0 Å². The van der Waals surface area contributed by atoms with Gasteiger partial charge in [0.2, 0.25) is 0 Å². The molecule has 0 amide bonds. The molecule has 2 aromatic rings. The fourth-order valence-electron chi connectivity index (χ4n) is 2.15. The summed E-state index contributed by atoms with van der Waals surface area (Å²) in [5, 5.41) is 1.00. The summed E-state index contributed by atoms with van der Waals surface area (Å²) in [6.45, 7) is 7.55. The Kier molecular flexibility index (Phi) is 3.11. The van der Waals surface area contributed by atoms with E-state index in [0.717, 1.165) is 29.0 Å². The summed E-state index contributed by atoms with van der Waals surface area (Å²) in [5.41, 5.74) is 7.73. The maximum absolute atomic E-state index is 5.85. The zero-order valence-corrected chi connectivity index (χ0v) is 11.4. The van der Waals surface area contributed by atoms with Crippen LogP contribution in [0.5, 0.6) is 0 Å². The molecule has 2 N–H and O–H groups in total. The van der Waals surface area contributed by atoms with E-state index in [1.54, 1.807) is 6.33 Å². The van der Waals surface area contributed by atoms with Crippen LogP contribution in [0.4, 0.5) is 11.5 Å². The molecule has 1 aromatic carbocycles. The summed E-state index contributed by atoms with van der Waals surface area (Å²) in [6, 6.07) is 5.73. The number of rotatable bonds is 2. The average Bonchev–Trinajstić information content (AvgIpc) is 2.25. The van der Waals surface area contributed by atoms with Crippen LogP contribution in [-0.4, -0.2) is 23.6 Å². The molecular weight excluding hydrogens is 224 g/mol. The van der Waals surface area contributed by atoms with Crippen molar-refractivity contribution in [3.8, 4) is 0 Å². The molecule has 0 aliphatic rings. The van der Waals surface area contributed by atoms with Crippen LogP contribution in [0.25, 0.3) is 10.9 Å². The van der Waals surface area contributed by atoms with Crippen molar-refractivity contribution < 1.29 is 0 Å². The molecule has 1 heterocycles. The molecule has 1 aromatic heterocycles. The highest BCUT2D eigenvalue weighted by Gasteiger charge is 2.16. The van der Waals surface area contributed by atoms with E-state index in [9.17, 15) is 0 Å². The molecule has 0 aliphatic carbocycles. The summed E-state index contributed by atoms with van der Waals surface area (Å²) in [4.78, 5) is 10.8. The molecule has 0 bridgehead atoms. The number of hydrogen-bond donors (Lipinski definition) is 1. The van der Waals surface area contributed by atoms with Gasteiger partial charge in [0.25, 0.3) is 0 Å². The van der Waals surface area contributed by atoms with Crippen molar-refractivity contribution in [2.75, 3.05) is 24.2 Å². The van der Waals surface area contributed by atoms with Gasteiger partial charge in [-0.3, -0.25) is 0 Å². The van der Waals surface area contributed by atoms with Gasteiger partial charge in [-0.2, -0.15) is 0 Å². The lowest BCUT2D eigenvalue weighted by Crippen LogP contribution is -2.29. The largest absolute Gasteiger partial charge is 0.399 e. The second kappa shape index (κ2) is 4.44. The Morgan fingerprint density at radius 1 is 1.22 bits per heavy atom. The van der Waals surface area contributed by atoms with Crippen LogP contribution >= 0.6 is 0 Å². The van der Waals surface area contributed by atoms with E-state index in [1.807, 2.05) is 18.2 Å². The van der Waals surface area contributed by atoms with Gasteiger partial charge < -0.3 is 10.6 Å². The Morgan fingerprint density at radius 2 is 1.94 bits per heavy atom. The van der Waals surface area contributed by atoms with Gasteiger partial charge in [-0.1, -0.05) is 20.8 Å². The summed E-state index contributed by atoms with van der Waals surface area (Å²) >= 11 is 0. The zero-order valence-electron chi connectivity index (χ0n) is 11.4. The lowest BCUT2D eigenvalue weighted by Gasteiger charge is -2.28. The molecule has 0 aliphatic heterocycles. The quantitative estimate of drug-likeness (QED) is 0.825. The van der Waals surface area contributed by atoms with Crippen LogP contribution in [0.2, 0.25) is 0 Å². The third kappa shape index (κ3) is 2.70. The van der Waals surface area contributed by atoms with E-state index in [1.165, 1.54) is 0 Å². The second-order valence-corrected chi connectivity index (χ2v) is 5.89. The number of hydrogen-bond acceptors (Lipinski definition) is 4. The number of nitrogens with zero attached hydrogens (tertiary/aromatic N) is 3. The van der Waals surface area contributed by atoms with Gasteiger partial charge in [-0.05, 0) is 23.6 Å². The first-order valence-electron chi connectivity index (χ1n) is 6.08. The van der Waals surface area contributed by atoms with Crippen molar-refractivity contribution in [2.24, 2.45) is 5.41 Å². The summed E-state index contributed by atoms with van der Waals surface area (Å²) in [5.74, 6) is 0.933. The molecule has 0 saturated carbocycles. The van der Waals surface area contributed by atoms with Crippen molar-refractivity contribution in [3.63, 3.8) is 0 Å². The normalized spacial score (nSPS) is 11.8. The molecule has 0 radical (unpaired) electrons. The number of aromatic nitrogens is 2. The standard InChI is InChI=1S/C14H20N4/c1-14(2,3)8-18(4)13-11-7-10(15)5-6-12(11)16-9-17-13/h5-7,9H,8,15H2,1-4H3. The maximum Gasteiger partial charge on any atom is 0.139 e. The average molecular weight is 244 g/mol. The van der Waals surface area contributed by atoms with Crippen molar-refractivity contribution in [1.29, 1.82) is 0 Å². The van der Waals surface area contributed by atoms with Gasteiger partial charge in [0.1, 0.15) is 12.1 Å². The summed E-state index contributed by atoms with van der Waals surface area (Å²) < 4.78 is 0. The highest BCUT2D eigenvalue weighted by molar-refractivity contribution is 5.91. The van der Waals surface area contributed by atoms with Crippen LogP contribution in [-0.2, 0) is 0 Å². The second-order valence-electron chi connectivity index (χ2n) is 5.89. The molecule has 4 heteroatoms. The Labute approximate surface area is 108 Å². The molecule has 0 saturated heterocycles. The Morgan fingerprint density at radius 3 is 2.61 bits per heavy atom. The number of fused-ring (bicyclic) bond motifs is 1. The number of anilines is 2. The SMILES string of the molecule is CN(CC(C)(C)C)c1ncnc2ccc(N)cc12. The van der Waals surface area contributed by atoms with Crippen molar-refractivity contribution in [3.05, 3.63) is 24.5 Å². The molecule has 96 valence electrons. The van der Waals surface area contributed by atoms with E-state index in [4.69, 9.17) is 5.73 Å². The van der Waals surface area contributed by atoms with E-state index < -0.39 is 0 Å². The molecule has 4 nitrogen and oxygen atoms in total. The van der Waals surface area contributed by atoms with E-state index in [-0.39, 0.29) is 5.41 Å². The smallest absolute Gasteiger partial charge is 0.139 e. The van der Waals surface area contributed by atoms with Crippen LogP contribution in [0.3, 0.4) is 0 Å². The molecule has 0 fully saturated rings. The van der Waals surface area contributed by atoms with Crippen molar-refractivity contribution in [2.45, 2.75) is 20.8 Å². The lowest BCUT2D eigenvalue weighted by atomic mass is 9.96. The number of benzene rings is 1. The first kappa shape index (κ1) is 12.6. The minimum atomic E-state index is 0.215. The van der Waals surface area contributed by atoms with Gasteiger partial charge in [0, 0.05) is 24.7 Å². The Bertz CT molecular complexity index is 557. The first-order valence-corrected chi connectivity index (χ1v) is 6.08. The molecule has 2 rings (SSSR count). The Hall–Kier alpha value is -1.84. The molecule has 0 spiro atoms. The number of nitrogens with two attached hydrogens (primary N) is 1. The van der Waals surface area contributed by atoms with Gasteiger partial charge in [0.05, 0.1) is 5.52 Å². The molecule has 0 atom stereocenters. The van der Waals surface area contributed by atoms with Gasteiger partial charge >= 0.3 is 0 Å². The third-order valence-electron chi connectivity index (χ3n) is 2.71. The summed E-state index contributed by atoms with van der Waals surface area (Å²) in [6.07, 6.45) is 1.60. The maximum atomic E-state index is 5.85. The van der Waals surface area contributed by atoms with E-state index in [2.05, 4.69) is 42.7 Å². The minimum Gasteiger partial charge on any atom is -0.399 e. The fourth-order valence-corrected chi connectivity index (χ4v) is 2.15. The van der Waals surface area contributed by atoms with Crippen molar-refractivity contribution >= 4 is 22.4 Å². The van der Waals surface area contributed by atoms with Crippen LogP contribution in [0.1, 0.15) is 20.8 Å². The highest BCUT2D eigenvalue weighted by atomic mass is 15.2. The first-order chi connectivity index (χ1) is 8.37. The third-order valence-corrected chi connectivity index (χ3v) is 2.71. The van der Waals surface area contributed by atoms with E-state index in [0.29, 0.717) is 0 Å². The van der Waals surface area contributed by atoms with Gasteiger partial charge in [-0.25, -0.2) is 9.97 Å². The number of nitrogen functional groups attached to an aromatic ring is 1. The minimum absolute atomic E-state index is 0.215.